The number of benzene rings is 2. The van der Waals surface area contributed by atoms with Gasteiger partial charge in [-0.15, -0.1) is 0 Å². The summed E-state index contributed by atoms with van der Waals surface area (Å²) in [5.74, 6) is 0.847. The zero-order chi connectivity index (χ0) is 27.6. The Hall–Kier alpha value is -2.92. The van der Waals surface area contributed by atoms with Gasteiger partial charge in [-0.3, -0.25) is 4.79 Å². The largest absolute Gasteiger partial charge is 0.490 e. The second-order valence-corrected chi connectivity index (χ2v) is 12.7. The van der Waals surface area contributed by atoms with E-state index >= 15 is 0 Å². The summed E-state index contributed by atoms with van der Waals surface area (Å²) in [5.41, 5.74) is 3.25. The number of carboxylic acid groups (broad SMARTS) is 1. The summed E-state index contributed by atoms with van der Waals surface area (Å²) in [6, 6.07) is 13.3. The van der Waals surface area contributed by atoms with Crippen molar-refractivity contribution >= 4 is 11.8 Å². The number of ketones is 1. The van der Waals surface area contributed by atoms with Gasteiger partial charge in [0.2, 0.25) is 0 Å². The van der Waals surface area contributed by atoms with Crippen LogP contribution in [0.15, 0.2) is 54.6 Å². The molecule has 0 radical (unpaired) electrons. The molecule has 2 aromatic rings. The summed E-state index contributed by atoms with van der Waals surface area (Å²) in [7, 11) is 0. The minimum Gasteiger partial charge on any atom is -0.490 e. The Bertz CT molecular complexity index is 1240. The molecule has 2 N–H and O–H groups in total. The van der Waals surface area contributed by atoms with E-state index in [4.69, 9.17) is 4.74 Å². The highest BCUT2D eigenvalue weighted by Gasteiger charge is 2.49. The standard InChI is InChI=1S/C34H43NO4/c1-23(2)27-10-4-5-11-28(27)29-20-25(32(37)38)14-16-30(29)39-26-15-13-24(19-26)9-8-12-31(36)33(3)21-34(35-22-33)17-6-7-18-34/h4-5,8-11,14,16,20,23-24,26,35H,6-7,12-13,15,17-19,21-22H2,1-3H3,(H,37,38)/b9-8+/t24-,26-,33+/m1/s1. The number of ether oxygens (including phenoxy) is 1. The topological polar surface area (TPSA) is 75.6 Å². The average molecular weight is 530 g/mol. The lowest BCUT2D eigenvalue weighted by molar-refractivity contribution is -0.126. The predicted molar refractivity (Wildman–Crippen MR) is 155 cm³/mol. The molecule has 2 saturated carbocycles. The van der Waals surface area contributed by atoms with Gasteiger partial charge in [-0.25, -0.2) is 4.79 Å². The van der Waals surface area contributed by atoms with E-state index in [0.29, 0.717) is 24.0 Å². The Kier molecular flexibility index (Phi) is 8.00. The molecule has 5 nitrogen and oxygen atoms in total. The lowest BCUT2D eigenvalue weighted by Gasteiger charge is -2.26. The number of hydrogen-bond donors (Lipinski definition) is 2. The van der Waals surface area contributed by atoms with Gasteiger partial charge in [-0.1, -0.05) is 70.0 Å². The second kappa shape index (κ2) is 11.3. The van der Waals surface area contributed by atoms with Crippen molar-refractivity contribution < 1.29 is 19.4 Å². The molecule has 1 heterocycles. The minimum atomic E-state index is -0.939. The highest BCUT2D eigenvalue weighted by atomic mass is 16.5. The van der Waals surface area contributed by atoms with Crippen LogP contribution in [0.4, 0.5) is 0 Å². The third kappa shape index (κ3) is 5.99. The van der Waals surface area contributed by atoms with Crippen LogP contribution >= 0.6 is 0 Å². The average Bonchev–Trinajstić information content (AvgIpc) is 3.65. The fourth-order valence-corrected chi connectivity index (χ4v) is 7.13. The Morgan fingerprint density at radius 1 is 1.10 bits per heavy atom. The first-order valence-corrected chi connectivity index (χ1v) is 14.8. The molecular formula is C34H43NO4. The number of aromatic carboxylic acids is 1. The minimum absolute atomic E-state index is 0.0646. The summed E-state index contributed by atoms with van der Waals surface area (Å²) in [5, 5.41) is 13.3. The van der Waals surface area contributed by atoms with E-state index in [1.165, 1.54) is 31.2 Å². The molecule has 0 bridgehead atoms. The molecule has 2 aliphatic carbocycles. The van der Waals surface area contributed by atoms with Crippen molar-refractivity contribution in [1.82, 2.24) is 5.32 Å². The van der Waals surface area contributed by atoms with Crippen LogP contribution in [-0.2, 0) is 4.79 Å². The number of carbonyl (C=O) groups is 2. The second-order valence-electron chi connectivity index (χ2n) is 12.7. The van der Waals surface area contributed by atoms with E-state index in [0.717, 1.165) is 49.1 Å². The van der Waals surface area contributed by atoms with Crippen molar-refractivity contribution in [2.24, 2.45) is 11.3 Å². The zero-order valence-electron chi connectivity index (χ0n) is 23.7. The molecule has 1 aliphatic heterocycles. The molecule has 3 aliphatic rings. The zero-order valence-corrected chi connectivity index (χ0v) is 23.7. The van der Waals surface area contributed by atoms with Crippen molar-refractivity contribution in [1.29, 1.82) is 0 Å². The first kappa shape index (κ1) is 27.6. The Morgan fingerprint density at radius 3 is 2.62 bits per heavy atom. The maximum Gasteiger partial charge on any atom is 0.335 e. The summed E-state index contributed by atoms with van der Waals surface area (Å²) in [4.78, 5) is 24.9. The molecule has 1 saturated heterocycles. The van der Waals surface area contributed by atoms with E-state index < -0.39 is 5.97 Å². The Balaban J connectivity index is 1.23. The van der Waals surface area contributed by atoms with Crippen molar-refractivity contribution in [3.8, 4) is 16.9 Å². The molecule has 0 unspecified atom stereocenters. The summed E-state index contributed by atoms with van der Waals surface area (Å²) in [6.07, 6.45) is 13.7. The third-order valence-electron chi connectivity index (χ3n) is 9.35. The normalized spacial score (nSPS) is 26.2. The van der Waals surface area contributed by atoms with Gasteiger partial charge in [0, 0.05) is 29.5 Å². The number of allylic oxidation sites excluding steroid dienone is 2. The predicted octanol–water partition coefficient (Wildman–Crippen LogP) is 7.55. The molecule has 208 valence electrons. The number of nitrogens with one attached hydrogen (secondary N) is 1. The van der Waals surface area contributed by atoms with Crippen LogP contribution in [0.2, 0.25) is 0 Å². The molecule has 39 heavy (non-hydrogen) atoms. The highest BCUT2D eigenvalue weighted by Crippen LogP contribution is 2.45. The smallest absolute Gasteiger partial charge is 0.335 e. The van der Waals surface area contributed by atoms with E-state index in [2.05, 4.69) is 50.4 Å². The third-order valence-corrected chi connectivity index (χ3v) is 9.35. The number of rotatable bonds is 9. The molecule has 0 aromatic heterocycles. The van der Waals surface area contributed by atoms with Gasteiger partial charge < -0.3 is 15.2 Å². The summed E-state index contributed by atoms with van der Waals surface area (Å²) in [6.45, 7) is 7.25. The van der Waals surface area contributed by atoms with Crippen LogP contribution < -0.4 is 10.1 Å². The Morgan fingerprint density at radius 2 is 1.87 bits per heavy atom. The van der Waals surface area contributed by atoms with Gasteiger partial charge in [-0.05, 0) is 79.7 Å². The van der Waals surface area contributed by atoms with Crippen LogP contribution in [0.3, 0.4) is 0 Å². The van der Waals surface area contributed by atoms with E-state index in [1.54, 1.807) is 12.1 Å². The van der Waals surface area contributed by atoms with Gasteiger partial charge in [0.1, 0.15) is 11.5 Å². The molecule has 3 atom stereocenters. The lowest BCUT2D eigenvalue weighted by atomic mass is 9.77. The molecule has 0 amide bonds. The molecule has 3 fully saturated rings. The monoisotopic (exact) mass is 529 g/mol. The first-order chi connectivity index (χ1) is 18.7. The fourth-order valence-electron chi connectivity index (χ4n) is 7.13. The number of Topliss-reactive ketones (excluding diaryl/α,β-unsaturated/α-hetero) is 1. The Labute approximate surface area is 233 Å². The molecule has 2 aromatic carbocycles. The van der Waals surface area contributed by atoms with Gasteiger partial charge in [0.25, 0.3) is 0 Å². The first-order valence-electron chi connectivity index (χ1n) is 14.8. The van der Waals surface area contributed by atoms with E-state index in [1.807, 2.05) is 18.2 Å². The highest BCUT2D eigenvalue weighted by molar-refractivity contribution is 5.91. The molecule has 1 spiro atoms. The maximum absolute atomic E-state index is 13.2. The van der Waals surface area contributed by atoms with Gasteiger partial charge in [-0.2, -0.15) is 0 Å². The number of hydrogen-bond acceptors (Lipinski definition) is 4. The maximum atomic E-state index is 13.2. The fraction of sp³-hybridized carbons (Fsp3) is 0.529. The SMILES string of the molecule is CC(C)c1ccccc1-c1cc(C(=O)O)ccc1O[C@@H]1CC[C@@H](/C=C/CC(=O)[C@]2(C)CNC3(CCCC3)C2)C1. The van der Waals surface area contributed by atoms with Crippen molar-refractivity contribution in [2.45, 2.75) is 96.1 Å². The summed E-state index contributed by atoms with van der Waals surface area (Å²) >= 11 is 0. The van der Waals surface area contributed by atoms with Crippen LogP contribution in [0.5, 0.6) is 5.75 Å². The number of carboxylic acids is 1. The van der Waals surface area contributed by atoms with Gasteiger partial charge in [0.05, 0.1) is 11.7 Å². The van der Waals surface area contributed by atoms with Crippen LogP contribution in [0.1, 0.15) is 100 Å². The van der Waals surface area contributed by atoms with Crippen LogP contribution in [0.25, 0.3) is 11.1 Å². The molecular weight excluding hydrogens is 486 g/mol. The van der Waals surface area contributed by atoms with E-state index in [-0.39, 0.29) is 22.6 Å². The van der Waals surface area contributed by atoms with Crippen molar-refractivity contribution in [3.05, 3.63) is 65.7 Å². The lowest BCUT2D eigenvalue weighted by Crippen LogP contribution is -2.35. The molecule has 5 rings (SSSR count). The van der Waals surface area contributed by atoms with Crippen LogP contribution in [-0.4, -0.2) is 35.0 Å². The van der Waals surface area contributed by atoms with Crippen molar-refractivity contribution in [3.63, 3.8) is 0 Å². The van der Waals surface area contributed by atoms with Gasteiger partial charge in [0.15, 0.2) is 0 Å². The van der Waals surface area contributed by atoms with Crippen LogP contribution in [0, 0.1) is 11.3 Å². The molecule has 5 heteroatoms. The number of carbonyl (C=O) groups excluding carboxylic acids is 1. The van der Waals surface area contributed by atoms with Gasteiger partial charge >= 0.3 is 5.97 Å². The quantitative estimate of drug-likeness (QED) is 0.328. The van der Waals surface area contributed by atoms with E-state index in [9.17, 15) is 14.7 Å². The summed E-state index contributed by atoms with van der Waals surface area (Å²) < 4.78 is 6.54. The van der Waals surface area contributed by atoms with Crippen molar-refractivity contribution in [2.75, 3.05) is 6.54 Å².